The van der Waals surface area contributed by atoms with Crippen LogP contribution < -0.4 is 0 Å². The van der Waals surface area contributed by atoms with E-state index in [4.69, 9.17) is 4.74 Å². The van der Waals surface area contributed by atoms with Crippen molar-refractivity contribution in [1.29, 1.82) is 0 Å². The topological polar surface area (TPSA) is 62.4 Å². The summed E-state index contributed by atoms with van der Waals surface area (Å²) in [6, 6.07) is 10.3. The van der Waals surface area contributed by atoms with Gasteiger partial charge in [0.25, 0.3) is 0 Å². The second-order valence-corrected chi connectivity index (χ2v) is 7.22. The molecule has 0 radical (unpaired) electrons. The van der Waals surface area contributed by atoms with Gasteiger partial charge < -0.3 is 9.64 Å². The van der Waals surface area contributed by atoms with Gasteiger partial charge in [0.1, 0.15) is 5.82 Å². The summed E-state index contributed by atoms with van der Waals surface area (Å²) in [5, 5.41) is 8.31. The Morgan fingerprint density at radius 1 is 1.18 bits per heavy atom. The molecule has 0 saturated carbocycles. The molecule has 0 N–H and O–H groups in total. The van der Waals surface area contributed by atoms with Gasteiger partial charge in [-0.15, -0.1) is 0 Å². The maximum atomic E-state index is 14.5. The number of hydrogen-bond donors (Lipinski definition) is 0. The molecule has 0 fully saturated rings. The zero-order valence-electron chi connectivity index (χ0n) is 19.8. The molecule has 0 spiro atoms. The second kappa shape index (κ2) is 12.9. The smallest absolute Gasteiger partial charge is 0.242 e. The van der Waals surface area contributed by atoms with Gasteiger partial charge in [-0.1, -0.05) is 30.9 Å². The molecular formula is C26H30FN5O. The van der Waals surface area contributed by atoms with E-state index in [1.54, 1.807) is 37.6 Å². The number of nitrogens with zero attached hydrogens (tertiary/aromatic N) is 5. The molecule has 0 aliphatic carbocycles. The number of halogens is 1. The van der Waals surface area contributed by atoms with Gasteiger partial charge in [-0.3, -0.25) is 4.98 Å². The Bertz CT molecular complexity index is 1100. The molecule has 1 aromatic carbocycles. The van der Waals surface area contributed by atoms with E-state index in [1.165, 1.54) is 13.2 Å². The van der Waals surface area contributed by atoms with Gasteiger partial charge in [0, 0.05) is 40.0 Å². The SMILES string of the molecule is C=C(N=C(OC)/C(N=NC)=C(/Cc1ccccc1F)c1ccncc1)C(/C=C\N(C)C)=C/C. The number of aromatic nitrogens is 1. The highest BCUT2D eigenvalue weighted by Crippen LogP contribution is 2.27. The summed E-state index contributed by atoms with van der Waals surface area (Å²) in [6.45, 7) is 6.00. The maximum Gasteiger partial charge on any atom is 0.242 e. The molecule has 172 valence electrons. The molecule has 1 heterocycles. The first-order valence-electron chi connectivity index (χ1n) is 10.4. The zero-order chi connectivity index (χ0) is 24.2. The van der Waals surface area contributed by atoms with Crippen LogP contribution in [-0.4, -0.2) is 44.0 Å². The Morgan fingerprint density at radius 2 is 1.88 bits per heavy atom. The van der Waals surface area contributed by atoms with E-state index >= 15 is 0 Å². The summed E-state index contributed by atoms with van der Waals surface area (Å²) in [5.41, 5.74) is 3.74. The normalized spacial score (nSPS) is 13.4. The predicted molar refractivity (Wildman–Crippen MR) is 132 cm³/mol. The van der Waals surface area contributed by atoms with E-state index in [0.717, 1.165) is 11.1 Å². The number of rotatable bonds is 9. The lowest BCUT2D eigenvalue weighted by atomic mass is 9.96. The molecule has 1 aromatic heterocycles. The Morgan fingerprint density at radius 3 is 2.45 bits per heavy atom. The highest BCUT2D eigenvalue weighted by molar-refractivity contribution is 6.01. The fraction of sp³-hybridized carbons (Fsp3) is 0.231. The van der Waals surface area contributed by atoms with Gasteiger partial charge in [0.15, 0.2) is 5.70 Å². The van der Waals surface area contributed by atoms with E-state index < -0.39 is 0 Å². The summed E-state index contributed by atoms with van der Waals surface area (Å²) >= 11 is 0. The molecule has 7 heteroatoms. The quantitative estimate of drug-likeness (QED) is 0.210. The molecule has 0 aliphatic heterocycles. The fourth-order valence-electron chi connectivity index (χ4n) is 3.01. The van der Waals surface area contributed by atoms with Crippen LogP contribution in [0.25, 0.3) is 5.57 Å². The standard InChI is InChI=1S/C26H30FN5O/c1-7-20(14-17-32(4)5)19(2)30-26(33-6)25(31-28-3)23(21-12-15-29-16-13-21)18-22-10-8-9-11-24(22)27/h7-17H,2,18H2,1,3-6H3/b17-14-,20-7+,25-23+,30-26?,31-28?. The monoisotopic (exact) mass is 447 g/mol. The number of benzene rings is 1. The number of methoxy groups -OCH3 is 1. The Balaban J connectivity index is 2.67. The van der Waals surface area contributed by atoms with E-state index in [1.807, 2.05) is 56.4 Å². The van der Waals surface area contributed by atoms with Crippen LogP contribution in [0, 0.1) is 5.82 Å². The fourth-order valence-corrected chi connectivity index (χ4v) is 3.01. The molecule has 0 amide bonds. The third-order valence-electron chi connectivity index (χ3n) is 4.67. The van der Waals surface area contributed by atoms with E-state index in [9.17, 15) is 4.39 Å². The van der Waals surface area contributed by atoms with Crippen LogP contribution in [0.2, 0.25) is 0 Å². The minimum Gasteiger partial charge on any atom is -0.479 e. The number of azo groups is 1. The lowest BCUT2D eigenvalue weighted by Gasteiger charge is -2.15. The van der Waals surface area contributed by atoms with E-state index in [2.05, 4.69) is 26.8 Å². The number of allylic oxidation sites excluding steroid dienone is 3. The highest BCUT2D eigenvalue weighted by atomic mass is 19.1. The van der Waals surface area contributed by atoms with E-state index in [-0.39, 0.29) is 18.1 Å². The molecular weight excluding hydrogens is 417 g/mol. The van der Waals surface area contributed by atoms with E-state index in [0.29, 0.717) is 22.5 Å². The van der Waals surface area contributed by atoms with Crippen LogP contribution in [0.15, 0.2) is 106 Å². The predicted octanol–water partition coefficient (Wildman–Crippen LogP) is 5.84. The average molecular weight is 448 g/mol. The van der Waals surface area contributed by atoms with Crippen LogP contribution in [0.3, 0.4) is 0 Å². The molecule has 2 aromatic rings. The molecule has 0 unspecified atom stereocenters. The lowest BCUT2D eigenvalue weighted by molar-refractivity contribution is 0.402. The van der Waals surface area contributed by atoms with Crippen molar-refractivity contribution in [2.24, 2.45) is 15.2 Å². The Labute approximate surface area is 195 Å². The van der Waals surface area contributed by atoms with Gasteiger partial charge in [0.05, 0.1) is 12.8 Å². The van der Waals surface area contributed by atoms with Crippen LogP contribution in [0.5, 0.6) is 0 Å². The van der Waals surface area contributed by atoms with Crippen molar-refractivity contribution in [2.75, 3.05) is 28.3 Å². The van der Waals surface area contributed by atoms with Gasteiger partial charge in [-0.05, 0) is 59.7 Å². The number of pyridine rings is 1. The van der Waals surface area contributed by atoms with Gasteiger partial charge in [0.2, 0.25) is 5.90 Å². The van der Waals surface area contributed by atoms with Crippen molar-refractivity contribution in [3.8, 4) is 0 Å². The summed E-state index contributed by atoms with van der Waals surface area (Å²) in [6.07, 6.45) is 9.33. The minimum atomic E-state index is -0.304. The summed E-state index contributed by atoms with van der Waals surface area (Å²) in [7, 11) is 6.94. The average Bonchev–Trinajstić information content (AvgIpc) is 2.81. The first kappa shape index (κ1) is 25.4. The summed E-state index contributed by atoms with van der Waals surface area (Å²) < 4.78 is 20.2. The van der Waals surface area contributed by atoms with Gasteiger partial charge in [-0.2, -0.15) is 10.2 Å². The van der Waals surface area contributed by atoms with Gasteiger partial charge >= 0.3 is 0 Å². The summed E-state index contributed by atoms with van der Waals surface area (Å²) in [5.74, 6) is -0.0754. The number of ether oxygens (including phenoxy) is 1. The molecule has 2 rings (SSSR count). The third-order valence-corrected chi connectivity index (χ3v) is 4.67. The molecule has 0 aliphatic rings. The number of hydrogen-bond acceptors (Lipinski definition) is 6. The third kappa shape index (κ3) is 7.35. The van der Waals surface area contributed by atoms with Crippen molar-refractivity contribution < 1.29 is 9.13 Å². The largest absolute Gasteiger partial charge is 0.479 e. The van der Waals surface area contributed by atoms with Crippen molar-refractivity contribution >= 4 is 11.5 Å². The lowest BCUT2D eigenvalue weighted by Crippen LogP contribution is -2.10. The van der Waals surface area contributed by atoms with Crippen molar-refractivity contribution in [3.05, 3.63) is 108 Å². The van der Waals surface area contributed by atoms with Crippen LogP contribution in [0.1, 0.15) is 18.1 Å². The Hall–Kier alpha value is -3.87. The maximum absolute atomic E-state index is 14.5. The van der Waals surface area contributed by atoms with Crippen LogP contribution >= 0.6 is 0 Å². The molecule has 33 heavy (non-hydrogen) atoms. The highest BCUT2D eigenvalue weighted by Gasteiger charge is 2.19. The first-order valence-corrected chi connectivity index (χ1v) is 10.4. The molecule has 0 saturated heterocycles. The molecule has 0 atom stereocenters. The second-order valence-electron chi connectivity index (χ2n) is 7.22. The van der Waals surface area contributed by atoms with Crippen LogP contribution in [0.4, 0.5) is 4.39 Å². The van der Waals surface area contributed by atoms with Gasteiger partial charge in [-0.25, -0.2) is 9.38 Å². The first-order chi connectivity index (χ1) is 15.9. The zero-order valence-corrected chi connectivity index (χ0v) is 19.8. The van der Waals surface area contributed by atoms with Crippen molar-refractivity contribution in [3.63, 3.8) is 0 Å². The van der Waals surface area contributed by atoms with Crippen molar-refractivity contribution in [1.82, 2.24) is 9.88 Å². The summed E-state index contributed by atoms with van der Waals surface area (Å²) in [4.78, 5) is 10.6. The number of aliphatic imine (C=N–C) groups is 1. The molecule has 0 bridgehead atoms. The van der Waals surface area contributed by atoms with Crippen LogP contribution in [-0.2, 0) is 11.2 Å². The Kier molecular flexibility index (Phi) is 9.89. The van der Waals surface area contributed by atoms with Crippen molar-refractivity contribution in [2.45, 2.75) is 13.3 Å². The molecule has 6 nitrogen and oxygen atoms in total. The minimum absolute atomic E-state index is 0.228.